The van der Waals surface area contributed by atoms with E-state index >= 15 is 0 Å². The molecular weight excluding hydrogens is 220 g/mol. The largest absolute Gasteiger partial charge is 0.449 e. The van der Waals surface area contributed by atoms with Gasteiger partial charge >= 0.3 is 6.09 Å². The van der Waals surface area contributed by atoms with Gasteiger partial charge in [-0.2, -0.15) is 0 Å². The lowest BCUT2D eigenvalue weighted by atomic mass is 10.1. The molecule has 1 heterocycles. The molecule has 17 heavy (non-hydrogen) atoms. The van der Waals surface area contributed by atoms with Crippen molar-refractivity contribution in [3.05, 3.63) is 18.7 Å². The van der Waals surface area contributed by atoms with Crippen LogP contribution in [0, 0.1) is 0 Å². The molecule has 0 bridgehead atoms. The summed E-state index contributed by atoms with van der Waals surface area (Å²) in [5.74, 6) is 0. The molecule has 0 amide bonds. The van der Waals surface area contributed by atoms with Gasteiger partial charge in [0.05, 0.1) is 6.61 Å². The third-order valence-corrected chi connectivity index (χ3v) is 2.41. The highest BCUT2D eigenvalue weighted by Gasteiger charge is 2.03. The maximum Gasteiger partial charge on any atom is 0.419 e. The van der Waals surface area contributed by atoms with Crippen molar-refractivity contribution in [2.24, 2.45) is 0 Å². The highest BCUT2D eigenvalue weighted by molar-refractivity contribution is 5.69. The van der Waals surface area contributed by atoms with Crippen LogP contribution in [-0.2, 0) is 9.53 Å². The van der Waals surface area contributed by atoms with E-state index < -0.39 is 0 Å². The first-order valence-electron chi connectivity index (χ1n) is 5.93. The Hall–Kier alpha value is -1.65. The van der Waals surface area contributed by atoms with Gasteiger partial charge in [0.25, 0.3) is 0 Å². The number of carbonyl (C=O) groups excluding carboxylic acids is 2. The number of carbonyl (C=O) groups is 2. The van der Waals surface area contributed by atoms with Gasteiger partial charge in [-0.1, -0.05) is 19.3 Å². The van der Waals surface area contributed by atoms with Crippen molar-refractivity contribution in [1.82, 2.24) is 9.55 Å². The zero-order valence-electron chi connectivity index (χ0n) is 9.88. The van der Waals surface area contributed by atoms with Crippen molar-refractivity contribution in [3.63, 3.8) is 0 Å². The van der Waals surface area contributed by atoms with Crippen LogP contribution in [0.25, 0.3) is 0 Å². The van der Waals surface area contributed by atoms with Gasteiger partial charge in [-0.15, -0.1) is 0 Å². The predicted molar refractivity (Wildman–Crippen MR) is 62.7 cm³/mol. The van der Waals surface area contributed by atoms with Crippen molar-refractivity contribution in [2.45, 2.75) is 38.5 Å². The Kier molecular flexibility index (Phi) is 6.70. The number of ether oxygens (including phenoxy) is 1. The molecule has 0 saturated heterocycles. The first-order chi connectivity index (χ1) is 8.34. The Morgan fingerprint density at radius 3 is 2.71 bits per heavy atom. The number of hydrogen-bond donors (Lipinski definition) is 0. The van der Waals surface area contributed by atoms with Crippen molar-refractivity contribution in [1.29, 1.82) is 0 Å². The van der Waals surface area contributed by atoms with Crippen molar-refractivity contribution in [3.8, 4) is 0 Å². The number of unbranched alkanes of at least 4 members (excludes halogenated alkanes) is 5. The molecule has 94 valence electrons. The van der Waals surface area contributed by atoms with E-state index in [-0.39, 0.29) is 6.09 Å². The lowest BCUT2D eigenvalue weighted by Crippen LogP contribution is -2.12. The number of aldehydes is 1. The molecule has 1 rings (SSSR count). The second-order valence-electron chi connectivity index (χ2n) is 3.81. The van der Waals surface area contributed by atoms with Crippen LogP contribution in [0.15, 0.2) is 18.7 Å². The summed E-state index contributed by atoms with van der Waals surface area (Å²) in [7, 11) is 0. The van der Waals surface area contributed by atoms with E-state index in [1.165, 1.54) is 17.1 Å². The molecule has 0 N–H and O–H groups in total. The van der Waals surface area contributed by atoms with Crippen LogP contribution in [0.2, 0.25) is 0 Å². The summed E-state index contributed by atoms with van der Waals surface area (Å²) in [6.07, 6.45) is 10.7. The zero-order chi connectivity index (χ0) is 12.3. The SMILES string of the molecule is O=CCCCCCCCOC(=O)n1ccnc1. The van der Waals surface area contributed by atoms with Crippen molar-refractivity contribution < 1.29 is 14.3 Å². The van der Waals surface area contributed by atoms with Gasteiger partial charge < -0.3 is 9.53 Å². The van der Waals surface area contributed by atoms with Crippen LogP contribution >= 0.6 is 0 Å². The van der Waals surface area contributed by atoms with E-state index in [0.29, 0.717) is 13.0 Å². The topological polar surface area (TPSA) is 61.2 Å². The fourth-order valence-electron chi connectivity index (χ4n) is 1.46. The highest BCUT2D eigenvalue weighted by Crippen LogP contribution is 2.04. The first-order valence-corrected chi connectivity index (χ1v) is 5.93. The Labute approximate surface area is 101 Å². The van der Waals surface area contributed by atoms with Crippen molar-refractivity contribution >= 4 is 12.4 Å². The standard InChI is InChI=1S/C12H18N2O3/c15-9-5-3-1-2-4-6-10-17-12(16)14-8-7-13-11-14/h7-9,11H,1-6,10H2. The molecule has 0 spiro atoms. The summed E-state index contributed by atoms with van der Waals surface area (Å²) in [5, 5.41) is 0. The molecule has 0 fully saturated rings. The molecule has 0 unspecified atom stereocenters. The van der Waals surface area contributed by atoms with E-state index in [1.54, 1.807) is 6.20 Å². The fraction of sp³-hybridized carbons (Fsp3) is 0.583. The summed E-state index contributed by atoms with van der Waals surface area (Å²) >= 11 is 0. The minimum absolute atomic E-state index is 0.386. The average molecular weight is 238 g/mol. The third-order valence-electron chi connectivity index (χ3n) is 2.41. The minimum Gasteiger partial charge on any atom is -0.449 e. The molecule has 1 aromatic heterocycles. The Bertz CT molecular complexity index is 323. The van der Waals surface area contributed by atoms with Crippen LogP contribution in [0.5, 0.6) is 0 Å². The number of nitrogens with zero attached hydrogens (tertiary/aromatic N) is 2. The van der Waals surface area contributed by atoms with Gasteiger partial charge in [0.15, 0.2) is 0 Å². The molecule has 0 atom stereocenters. The number of hydrogen-bond acceptors (Lipinski definition) is 4. The maximum atomic E-state index is 11.3. The van der Waals surface area contributed by atoms with Crippen LogP contribution in [0.1, 0.15) is 38.5 Å². The lowest BCUT2D eigenvalue weighted by Gasteiger charge is -2.04. The van der Waals surface area contributed by atoms with E-state index in [4.69, 9.17) is 4.74 Å². The quantitative estimate of drug-likeness (QED) is 0.515. The number of imidazole rings is 1. The maximum absolute atomic E-state index is 11.3. The smallest absolute Gasteiger partial charge is 0.419 e. The summed E-state index contributed by atoms with van der Waals surface area (Å²) in [6, 6.07) is 0. The molecule has 0 aliphatic carbocycles. The fourth-order valence-corrected chi connectivity index (χ4v) is 1.46. The summed E-state index contributed by atoms with van der Waals surface area (Å²) < 4.78 is 6.35. The molecule has 5 nitrogen and oxygen atoms in total. The van der Waals surface area contributed by atoms with Crippen molar-refractivity contribution in [2.75, 3.05) is 6.61 Å². The van der Waals surface area contributed by atoms with Crippen LogP contribution in [0.3, 0.4) is 0 Å². The van der Waals surface area contributed by atoms with Gasteiger partial charge in [-0.05, 0) is 12.8 Å². The summed E-state index contributed by atoms with van der Waals surface area (Å²) in [6.45, 7) is 0.435. The molecule has 0 aliphatic heterocycles. The second-order valence-corrected chi connectivity index (χ2v) is 3.81. The normalized spacial score (nSPS) is 10.1. The molecule has 0 aromatic carbocycles. The number of rotatable bonds is 8. The summed E-state index contributed by atoms with van der Waals surface area (Å²) in [5.41, 5.74) is 0. The van der Waals surface area contributed by atoms with Gasteiger partial charge in [-0.3, -0.25) is 0 Å². The van der Waals surface area contributed by atoms with Crippen LogP contribution in [0.4, 0.5) is 4.79 Å². The first kappa shape index (κ1) is 13.4. The van der Waals surface area contributed by atoms with Gasteiger partial charge in [0, 0.05) is 18.8 Å². The average Bonchev–Trinajstić information content (AvgIpc) is 2.86. The highest BCUT2D eigenvalue weighted by atomic mass is 16.5. The van der Waals surface area contributed by atoms with E-state index in [9.17, 15) is 9.59 Å². The molecule has 1 aromatic rings. The molecule has 0 radical (unpaired) electrons. The molecule has 0 saturated carbocycles. The molecule has 0 aliphatic rings. The third kappa shape index (κ3) is 5.85. The Morgan fingerprint density at radius 2 is 2.00 bits per heavy atom. The zero-order valence-corrected chi connectivity index (χ0v) is 9.88. The van der Waals surface area contributed by atoms with Gasteiger partial charge in [-0.25, -0.2) is 14.3 Å². The second kappa shape index (κ2) is 8.50. The number of aromatic nitrogens is 2. The molecule has 5 heteroatoms. The Balaban J connectivity index is 1.94. The van der Waals surface area contributed by atoms with E-state index in [1.807, 2.05) is 0 Å². The minimum atomic E-state index is -0.386. The van der Waals surface area contributed by atoms with Crippen LogP contribution in [-0.4, -0.2) is 28.5 Å². The Morgan fingerprint density at radius 1 is 1.24 bits per heavy atom. The monoisotopic (exact) mass is 238 g/mol. The van der Waals surface area contributed by atoms with E-state index in [2.05, 4.69) is 4.98 Å². The summed E-state index contributed by atoms with van der Waals surface area (Å²) in [4.78, 5) is 25.2. The van der Waals surface area contributed by atoms with Gasteiger partial charge in [0.1, 0.15) is 12.6 Å². The van der Waals surface area contributed by atoms with Crippen LogP contribution < -0.4 is 0 Å². The predicted octanol–water partition coefficient (Wildman–Crippen LogP) is 2.41. The molecular formula is C12H18N2O3. The van der Waals surface area contributed by atoms with Gasteiger partial charge in [0.2, 0.25) is 0 Å². The van der Waals surface area contributed by atoms with E-state index in [0.717, 1.165) is 38.4 Å². The lowest BCUT2D eigenvalue weighted by molar-refractivity contribution is -0.107.